The minimum absolute atomic E-state index is 0.0176. The molecule has 0 aliphatic carbocycles. The van der Waals surface area contributed by atoms with E-state index in [0.717, 1.165) is 25.3 Å². The second kappa shape index (κ2) is 4.64. The summed E-state index contributed by atoms with van der Waals surface area (Å²) in [5, 5.41) is 5.29. The second-order valence-corrected chi connectivity index (χ2v) is 3.81. The molecule has 1 heterocycles. The highest BCUT2D eigenvalue weighted by molar-refractivity contribution is 6.20. The fraction of sp³-hybridized carbons (Fsp3) is 0.400. The number of piperazine rings is 1. The van der Waals surface area contributed by atoms with Crippen LogP contribution in [0.2, 0.25) is 0 Å². The molecule has 1 aliphatic rings. The molecule has 1 aromatic carbocycles. The van der Waals surface area contributed by atoms with Gasteiger partial charge in [0.1, 0.15) is 5.50 Å². The van der Waals surface area contributed by atoms with Crippen molar-refractivity contribution >= 4 is 17.3 Å². The van der Waals surface area contributed by atoms with Gasteiger partial charge in [0.2, 0.25) is 0 Å². The van der Waals surface area contributed by atoms with Crippen molar-refractivity contribution < 1.29 is 0 Å². The van der Waals surface area contributed by atoms with Gasteiger partial charge in [0.25, 0.3) is 0 Å². The standard InChI is InChI=1S/C10H14ClN3/c11-10-8-12-6-7-14(10)13-9-4-2-1-3-5-9/h1-5,10,12-13H,6-8H2. The summed E-state index contributed by atoms with van der Waals surface area (Å²) in [5.74, 6) is 0. The topological polar surface area (TPSA) is 27.3 Å². The summed E-state index contributed by atoms with van der Waals surface area (Å²) in [6.07, 6.45) is 0. The Bertz CT molecular complexity index is 278. The fourth-order valence-corrected chi connectivity index (χ4v) is 1.73. The highest BCUT2D eigenvalue weighted by Gasteiger charge is 2.18. The average Bonchev–Trinajstić information content (AvgIpc) is 2.23. The van der Waals surface area contributed by atoms with Crippen molar-refractivity contribution in [2.75, 3.05) is 25.1 Å². The van der Waals surface area contributed by atoms with E-state index >= 15 is 0 Å². The van der Waals surface area contributed by atoms with E-state index in [0.29, 0.717) is 0 Å². The van der Waals surface area contributed by atoms with Crippen LogP contribution in [-0.4, -0.2) is 30.1 Å². The zero-order chi connectivity index (χ0) is 9.80. The van der Waals surface area contributed by atoms with Crippen LogP contribution in [0.25, 0.3) is 0 Å². The van der Waals surface area contributed by atoms with Crippen molar-refractivity contribution in [3.63, 3.8) is 0 Å². The largest absolute Gasteiger partial charge is 0.317 e. The normalized spacial score (nSPS) is 23.4. The minimum atomic E-state index is 0.0176. The molecule has 2 rings (SSSR count). The molecule has 1 atom stereocenters. The Balaban J connectivity index is 1.96. The maximum Gasteiger partial charge on any atom is 0.115 e. The second-order valence-electron chi connectivity index (χ2n) is 3.31. The fourth-order valence-electron chi connectivity index (χ4n) is 1.48. The number of nitrogens with one attached hydrogen (secondary N) is 2. The van der Waals surface area contributed by atoms with Crippen molar-refractivity contribution in [2.45, 2.75) is 5.50 Å². The molecule has 1 aromatic rings. The first-order valence-corrected chi connectivity index (χ1v) is 5.23. The number of hydrogen-bond donors (Lipinski definition) is 2. The van der Waals surface area contributed by atoms with Crippen molar-refractivity contribution in [2.24, 2.45) is 0 Å². The van der Waals surface area contributed by atoms with Crippen LogP contribution in [0.1, 0.15) is 0 Å². The molecule has 2 N–H and O–H groups in total. The Morgan fingerprint density at radius 1 is 1.36 bits per heavy atom. The predicted octanol–water partition coefficient (Wildman–Crippen LogP) is 1.48. The molecule has 1 fully saturated rings. The quantitative estimate of drug-likeness (QED) is 0.573. The lowest BCUT2D eigenvalue weighted by Crippen LogP contribution is -2.50. The summed E-state index contributed by atoms with van der Waals surface area (Å²) < 4.78 is 0. The van der Waals surface area contributed by atoms with Crippen LogP contribution in [0, 0.1) is 0 Å². The monoisotopic (exact) mass is 211 g/mol. The zero-order valence-electron chi connectivity index (χ0n) is 7.91. The number of rotatable bonds is 2. The lowest BCUT2D eigenvalue weighted by Gasteiger charge is -2.32. The molecule has 0 amide bonds. The number of alkyl halides is 1. The van der Waals surface area contributed by atoms with Crippen LogP contribution in [0.15, 0.2) is 30.3 Å². The Hall–Kier alpha value is -0.770. The number of halogens is 1. The zero-order valence-corrected chi connectivity index (χ0v) is 8.67. The molecule has 0 aromatic heterocycles. The van der Waals surface area contributed by atoms with Crippen molar-refractivity contribution in [3.05, 3.63) is 30.3 Å². The molecule has 76 valence electrons. The van der Waals surface area contributed by atoms with Crippen molar-refractivity contribution in [1.82, 2.24) is 10.3 Å². The van der Waals surface area contributed by atoms with E-state index in [1.165, 1.54) is 0 Å². The third-order valence-corrected chi connectivity index (χ3v) is 2.62. The molecule has 3 nitrogen and oxygen atoms in total. The highest BCUT2D eigenvalue weighted by atomic mass is 35.5. The van der Waals surface area contributed by atoms with Gasteiger partial charge in [-0.05, 0) is 12.1 Å². The first-order valence-electron chi connectivity index (χ1n) is 4.79. The van der Waals surface area contributed by atoms with Gasteiger partial charge in [0.15, 0.2) is 0 Å². The van der Waals surface area contributed by atoms with E-state index in [2.05, 4.69) is 10.7 Å². The summed E-state index contributed by atoms with van der Waals surface area (Å²) in [4.78, 5) is 0. The van der Waals surface area contributed by atoms with Gasteiger partial charge in [-0.2, -0.15) is 0 Å². The summed E-state index contributed by atoms with van der Waals surface area (Å²) in [7, 11) is 0. The molecule has 1 aliphatic heterocycles. The first kappa shape index (κ1) is 9.77. The molecular weight excluding hydrogens is 198 g/mol. The van der Waals surface area contributed by atoms with Gasteiger partial charge in [-0.1, -0.05) is 18.2 Å². The van der Waals surface area contributed by atoms with E-state index in [9.17, 15) is 0 Å². The van der Waals surface area contributed by atoms with E-state index in [4.69, 9.17) is 11.6 Å². The Kier molecular flexibility index (Phi) is 3.24. The summed E-state index contributed by atoms with van der Waals surface area (Å²) in [6.45, 7) is 2.72. The third kappa shape index (κ3) is 2.38. The van der Waals surface area contributed by atoms with Crippen LogP contribution in [0.3, 0.4) is 0 Å². The number of hydrazine groups is 1. The van der Waals surface area contributed by atoms with Crippen LogP contribution < -0.4 is 10.7 Å². The third-order valence-electron chi connectivity index (χ3n) is 2.23. The molecular formula is C10H14ClN3. The highest BCUT2D eigenvalue weighted by Crippen LogP contribution is 2.12. The molecule has 14 heavy (non-hydrogen) atoms. The van der Waals surface area contributed by atoms with E-state index < -0.39 is 0 Å². The summed E-state index contributed by atoms with van der Waals surface area (Å²) >= 11 is 6.13. The SMILES string of the molecule is ClC1CNCCN1Nc1ccccc1. The maximum atomic E-state index is 6.13. The number of anilines is 1. The maximum absolute atomic E-state index is 6.13. The molecule has 0 spiro atoms. The lowest BCUT2D eigenvalue weighted by atomic mass is 10.3. The van der Waals surface area contributed by atoms with E-state index in [1.807, 2.05) is 35.3 Å². The molecule has 0 bridgehead atoms. The van der Waals surface area contributed by atoms with Crippen LogP contribution in [-0.2, 0) is 0 Å². The number of hydrogen-bond acceptors (Lipinski definition) is 3. The van der Waals surface area contributed by atoms with Gasteiger partial charge in [-0.3, -0.25) is 0 Å². The summed E-state index contributed by atoms with van der Waals surface area (Å²) in [6, 6.07) is 10.1. The average molecular weight is 212 g/mol. The minimum Gasteiger partial charge on any atom is -0.317 e. The molecule has 1 saturated heterocycles. The molecule has 1 unspecified atom stereocenters. The van der Waals surface area contributed by atoms with Gasteiger partial charge in [-0.25, -0.2) is 5.01 Å². The van der Waals surface area contributed by atoms with Gasteiger partial charge >= 0.3 is 0 Å². The van der Waals surface area contributed by atoms with Gasteiger partial charge < -0.3 is 10.7 Å². The first-order chi connectivity index (χ1) is 6.86. The Morgan fingerprint density at radius 3 is 2.86 bits per heavy atom. The number of benzene rings is 1. The summed E-state index contributed by atoms with van der Waals surface area (Å²) in [5.41, 5.74) is 4.39. The van der Waals surface area contributed by atoms with Crippen LogP contribution >= 0.6 is 11.6 Å². The molecule has 0 saturated carbocycles. The van der Waals surface area contributed by atoms with Crippen molar-refractivity contribution in [1.29, 1.82) is 0 Å². The predicted molar refractivity (Wildman–Crippen MR) is 59.3 cm³/mol. The molecule has 0 radical (unpaired) electrons. The molecule has 4 heteroatoms. The lowest BCUT2D eigenvalue weighted by molar-refractivity contribution is 0.257. The van der Waals surface area contributed by atoms with Gasteiger partial charge in [0.05, 0.1) is 0 Å². The van der Waals surface area contributed by atoms with Crippen LogP contribution in [0.4, 0.5) is 5.69 Å². The number of nitrogens with zero attached hydrogens (tertiary/aromatic N) is 1. The van der Waals surface area contributed by atoms with E-state index in [-0.39, 0.29) is 5.50 Å². The van der Waals surface area contributed by atoms with Crippen LogP contribution in [0.5, 0.6) is 0 Å². The Morgan fingerprint density at radius 2 is 2.14 bits per heavy atom. The van der Waals surface area contributed by atoms with E-state index in [1.54, 1.807) is 0 Å². The number of para-hydroxylation sites is 1. The van der Waals surface area contributed by atoms with Gasteiger partial charge in [-0.15, -0.1) is 11.6 Å². The smallest absolute Gasteiger partial charge is 0.115 e. The van der Waals surface area contributed by atoms with Crippen molar-refractivity contribution in [3.8, 4) is 0 Å². The van der Waals surface area contributed by atoms with Gasteiger partial charge in [0, 0.05) is 25.3 Å². The Labute approximate surface area is 89.0 Å².